The summed E-state index contributed by atoms with van der Waals surface area (Å²) < 4.78 is 5.90. The fraction of sp³-hybridized carbons (Fsp3) is 0.600. The lowest BCUT2D eigenvalue weighted by atomic mass is 9.98. The Labute approximate surface area is 72.3 Å². The normalized spacial score (nSPS) is 38.0. The second kappa shape index (κ2) is 2.36. The summed E-state index contributed by atoms with van der Waals surface area (Å²) >= 11 is 0. The molecule has 3 rings (SSSR count). The summed E-state index contributed by atoms with van der Waals surface area (Å²) in [6.07, 6.45) is 8.80. The lowest BCUT2D eigenvalue weighted by Gasteiger charge is -2.16. The molecule has 3 aliphatic rings. The van der Waals surface area contributed by atoms with Gasteiger partial charge in [0.2, 0.25) is 0 Å². The Morgan fingerprint density at radius 2 is 2.33 bits per heavy atom. The molecule has 0 saturated carbocycles. The highest BCUT2D eigenvalue weighted by Gasteiger charge is 2.36. The van der Waals surface area contributed by atoms with E-state index in [0.29, 0.717) is 12.2 Å². The van der Waals surface area contributed by atoms with E-state index < -0.39 is 0 Å². The van der Waals surface area contributed by atoms with Crippen LogP contribution < -0.4 is 5.32 Å². The van der Waals surface area contributed by atoms with Crippen LogP contribution in [-0.2, 0) is 4.74 Å². The molecule has 1 saturated heterocycles. The van der Waals surface area contributed by atoms with Crippen LogP contribution >= 0.6 is 0 Å². The summed E-state index contributed by atoms with van der Waals surface area (Å²) in [5.41, 5.74) is 2.79. The zero-order valence-electron chi connectivity index (χ0n) is 7.05. The van der Waals surface area contributed by atoms with Crippen molar-refractivity contribution >= 4 is 0 Å². The Kier molecular flexibility index (Phi) is 1.32. The summed E-state index contributed by atoms with van der Waals surface area (Å²) in [5, 5.41) is 3.42. The van der Waals surface area contributed by atoms with Gasteiger partial charge in [0.25, 0.3) is 0 Å². The van der Waals surface area contributed by atoms with Crippen LogP contribution in [0.1, 0.15) is 19.3 Å². The lowest BCUT2D eigenvalue weighted by Crippen LogP contribution is -2.15. The maximum Gasteiger partial charge on any atom is 0.0998 e. The van der Waals surface area contributed by atoms with Gasteiger partial charge >= 0.3 is 0 Å². The first-order valence-electron chi connectivity index (χ1n) is 4.75. The van der Waals surface area contributed by atoms with Gasteiger partial charge in [0.1, 0.15) is 0 Å². The first kappa shape index (κ1) is 6.72. The van der Waals surface area contributed by atoms with Crippen molar-refractivity contribution < 1.29 is 4.74 Å². The highest BCUT2D eigenvalue weighted by molar-refractivity contribution is 5.38. The van der Waals surface area contributed by atoms with Gasteiger partial charge in [-0.25, -0.2) is 0 Å². The molecule has 2 unspecified atom stereocenters. The van der Waals surface area contributed by atoms with Gasteiger partial charge in [0.15, 0.2) is 0 Å². The molecule has 2 heteroatoms. The molecule has 0 amide bonds. The van der Waals surface area contributed by atoms with E-state index in [1.807, 2.05) is 0 Å². The zero-order valence-corrected chi connectivity index (χ0v) is 7.05. The van der Waals surface area contributed by atoms with Crippen LogP contribution in [0.15, 0.2) is 23.4 Å². The molecule has 2 nitrogen and oxygen atoms in total. The summed E-state index contributed by atoms with van der Waals surface area (Å²) in [6.45, 7) is 1.09. The molecule has 0 aromatic carbocycles. The topological polar surface area (TPSA) is 21.3 Å². The van der Waals surface area contributed by atoms with Gasteiger partial charge in [-0.1, -0.05) is 12.2 Å². The van der Waals surface area contributed by atoms with E-state index >= 15 is 0 Å². The van der Waals surface area contributed by atoms with E-state index in [4.69, 9.17) is 4.74 Å². The van der Waals surface area contributed by atoms with Gasteiger partial charge < -0.3 is 10.1 Å². The standard InChI is InChI=1S/C10H13NO/c1-2-4-8-7(3-1)10-9(12-8)5-6-11-10/h1,3,8-9,11H,2,4-6H2. The van der Waals surface area contributed by atoms with Crippen molar-refractivity contribution in [3.05, 3.63) is 23.4 Å². The predicted octanol–water partition coefficient (Wildman–Crippen LogP) is 1.35. The van der Waals surface area contributed by atoms with Crippen LogP contribution in [0, 0.1) is 0 Å². The van der Waals surface area contributed by atoms with Crippen LogP contribution in [0.3, 0.4) is 0 Å². The Balaban J connectivity index is 2.03. The summed E-state index contributed by atoms with van der Waals surface area (Å²) in [5.74, 6) is 0. The number of hydrogen-bond donors (Lipinski definition) is 1. The van der Waals surface area contributed by atoms with Crippen molar-refractivity contribution in [3.63, 3.8) is 0 Å². The fourth-order valence-corrected chi connectivity index (χ4v) is 2.34. The third-order valence-electron chi connectivity index (χ3n) is 2.92. The molecule has 0 aromatic heterocycles. The van der Waals surface area contributed by atoms with Crippen molar-refractivity contribution in [2.75, 3.05) is 6.54 Å². The number of ether oxygens (including phenoxy) is 1. The molecule has 0 bridgehead atoms. The molecule has 64 valence electrons. The average Bonchev–Trinajstić information content (AvgIpc) is 2.62. The molecule has 0 radical (unpaired) electrons. The van der Waals surface area contributed by atoms with E-state index in [-0.39, 0.29) is 0 Å². The molecule has 0 spiro atoms. The van der Waals surface area contributed by atoms with Crippen molar-refractivity contribution in [1.82, 2.24) is 5.32 Å². The van der Waals surface area contributed by atoms with E-state index in [9.17, 15) is 0 Å². The highest BCUT2D eigenvalue weighted by Crippen LogP contribution is 2.35. The SMILES string of the molecule is C1=CC2=C3NCCC3OC2CC1. The van der Waals surface area contributed by atoms with Crippen molar-refractivity contribution in [1.29, 1.82) is 0 Å². The molecule has 1 N–H and O–H groups in total. The monoisotopic (exact) mass is 163 g/mol. The van der Waals surface area contributed by atoms with Gasteiger partial charge in [-0.05, 0) is 19.3 Å². The van der Waals surface area contributed by atoms with Crippen LogP contribution in [0.25, 0.3) is 0 Å². The largest absolute Gasteiger partial charge is 0.386 e. The first-order valence-corrected chi connectivity index (χ1v) is 4.75. The zero-order chi connectivity index (χ0) is 7.97. The Bertz CT molecular complexity index is 267. The number of nitrogens with one attached hydrogen (secondary N) is 1. The highest BCUT2D eigenvalue weighted by atomic mass is 16.5. The number of rotatable bonds is 0. The summed E-state index contributed by atoms with van der Waals surface area (Å²) in [6, 6.07) is 0. The van der Waals surface area contributed by atoms with Gasteiger partial charge in [0.05, 0.1) is 12.2 Å². The van der Waals surface area contributed by atoms with Crippen molar-refractivity contribution in [2.24, 2.45) is 0 Å². The molecule has 12 heavy (non-hydrogen) atoms. The average molecular weight is 163 g/mol. The molecule has 2 aliphatic heterocycles. The van der Waals surface area contributed by atoms with E-state index in [1.54, 1.807) is 0 Å². The minimum absolute atomic E-state index is 0.396. The molecule has 1 aliphatic carbocycles. The smallest absolute Gasteiger partial charge is 0.0998 e. The Morgan fingerprint density at radius 3 is 3.33 bits per heavy atom. The fourth-order valence-electron chi connectivity index (χ4n) is 2.34. The predicted molar refractivity (Wildman–Crippen MR) is 46.7 cm³/mol. The number of hydrogen-bond acceptors (Lipinski definition) is 2. The maximum absolute atomic E-state index is 5.90. The van der Waals surface area contributed by atoms with Crippen LogP contribution in [0.2, 0.25) is 0 Å². The Hall–Kier alpha value is -0.760. The second-order valence-corrected chi connectivity index (χ2v) is 3.68. The van der Waals surface area contributed by atoms with E-state index in [2.05, 4.69) is 17.5 Å². The van der Waals surface area contributed by atoms with Crippen LogP contribution in [0.5, 0.6) is 0 Å². The minimum Gasteiger partial charge on any atom is -0.386 e. The van der Waals surface area contributed by atoms with Crippen molar-refractivity contribution in [3.8, 4) is 0 Å². The third-order valence-corrected chi connectivity index (χ3v) is 2.92. The number of fused-ring (bicyclic) bond motifs is 2. The van der Waals surface area contributed by atoms with Crippen LogP contribution in [-0.4, -0.2) is 18.8 Å². The summed E-state index contributed by atoms with van der Waals surface area (Å²) in [4.78, 5) is 0. The first-order chi connectivity index (χ1) is 5.95. The number of allylic oxidation sites excluding steroid dienone is 1. The molecular weight excluding hydrogens is 150 g/mol. The summed E-state index contributed by atoms with van der Waals surface area (Å²) in [7, 11) is 0. The third kappa shape index (κ3) is 0.787. The Morgan fingerprint density at radius 1 is 1.33 bits per heavy atom. The lowest BCUT2D eigenvalue weighted by molar-refractivity contribution is 0.0516. The van der Waals surface area contributed by atoms with Crippen molar-refractivity contribution in [2.45, 2.75) is 31.5 Å². The molecule has 2 atom stereocenters. The second-order valence-electron chi connectivity index (χ2n) is 3.68. The molecule has 2 heterocycles. The van der Waals surface area contributed by atoms with Crippen LogP contribution in [0.4, 0.5) is 0 Å². The molecule has 1 fully saturated rings. The van der Waals surface area contributed by atoms with Gasteiger partial charge in [-0.2, -0.15) is 0 Å². The molecular formula is C10H13NO. The van der Waals surface area contributed by atoms with E-state index in [1.165, 1.54) is 24.1 Å². The molecule has 0 aromatic rings. The van der Waals surface area contributed by atoms with Gasteiger partial charge in [0, 0.05) is 17.8 Å². The minimum atomic E-state index is 0.396. The van der Waals surface area contributed by atoms with Gasteiger partial charge in [-0.15, -0.1) is 0 Å². The quantitative estimate of drug-likeness (QED) is 0.582. The van der Waals surface area contributed by atoms with Gasteiger partial charge in [-0.3, -0.25) is 0 Å². The maximum atomic E-state index is 5.90. The van der Waals surface area contributed by atoms with E-state index in [0.717, 1.165) is 13.0 Å².